The van der Waals surface area contributed by atoms with Crippen molar-refractivity contribution in [1.82, 2.24) is 9.21 Å². The average Bonchev–Trinajstić information content (AvgIpc) is 3.09. The van der Waals surface area contributed by atoms with E-state index in [0.29, 0.717) is 37.6 Å². The first kappa shape index (κ1) is 18.3. The van der Waals surface area contributed by atoms with Crippen LogP contribution in [0.1, 0.15) is 20.8 Å². The fourth-order valence-corrected chi connectivity index (χ4v) is 5.36. The van der Waals surface area contributed by atoms with Gasteiger partial charge in [0.1, 0.15) is 0 Å². The van der Waals surface area contributed by atoms with E-state index in [4.69, 9.17) is 0 Å². The number of hydrogen-bond donors (Lipinski definition) is 0. The molecule has 3 rings (SSSR count). The highest BCUT2D eigenvalue weighted by molar-refractivity contribution is 7.89. The summed E-state index contributed by atoms with van der Waals surface area (Å²) in [5.74, 6) is 0.0979. The summed E-state index contributed by atoms with van der Waals surface area (Å²) in [5, 5.41) is 1.89. The van der Waals surface area contributed by atoms with Gasteiger partial charge in [-0.25, -0.2) is 8.42 Å². The fraction of sp³-hybridized carbons (Fsp3) is 0.389. The average molecular weight is 379 g/mol. The lowest BCUT2D eigenvalue weighted by atomic mass is 10.2. The summed E-state index contributed by atoms with van der Waals surface area (Å²) < 4.78 is 27.3. The molecule has 0 aliphatic carbocycles. The van der Waals surface area contributed by atoms with Gasteiger partial charge in [-0.05, 0) is 36.9 Å². The molecule has 1 aliphatic rings. The van der Waals surface area contributed by atoms with E-state index in [1.54, 1.807) is 6.07 Å². The maximum atomic E-state index is 12.9. The first-order valence-electron chi connectivity index (χ1n) is 8.24. The van der Waals surface area contributed by atoms with Crippen molar-refractivity contribution in [3.05, 3.63) is 51.7 Å². The van der Waals surface area contributed by atoms with Crippen LogP contribution < -0.4 is 0 Å². The summed E-state index contributed by atoms with van der Waals surface area (Å²) in [6, 6.07) is 9.10. The predicted molar refractivity (Wildman–Crippen MR) is 99.8 cm³/mol. The van der Waals surface area contributed by atoms with Crippen LogP contribution in [0.3, 0.4) is 0 Å². The van der Waals surface area contributed by atoms with Gasteiger partial charge in [-0.15, -0.1) is 11.3 Å². The van der Waals surface area contributed by atoms with Crippen LogP contribution in [0.4, 0.5) is 0 Å². The number of benzene rings is 1. The predicted octanol–water partition coefficient (Wildman–Crippen LogP) is 2.55. The zero-order valence-electron chi connectivity index (χ0n) is 14.4. The Morgan fingerprint density at radius 2 is 1.84 bits per heavy atom. The molecule has 0 N–H and O–H groups in total. The maximum absolute atomic E-state index is 12.9. The Hall–Kier alpha value is -1.54. The molecule has 1 fully saturated rings. The molecule has 0 atom stereocenters. The molecular formula is C18H22N2O3S2. The van der Waals surface area contributed by atoms with Crippen LogP contribution in [0.2, 0.25) is 0 Å². The minimum Gasteiger partial charge on any atom is -0.293 e. The Balaban J connectivity index is 1.64. The van der Waals surface area contributed by atoms with Crippen LogP contribution in [0, 0.1) is 13.8 Å². The van der Waals surface area contributed by atoms with Gasteiger partial charge in [-0.3, -0.25) is 9.69 Å². The van der Waals surface area contributed by atoms with Gasteiger partial charge < -0.3 is 0 Å². The Labute approximate surface area is 152 Å². The van der Waals surface area contributed by atoms with E-state index in [1.807, 2.05) is 48.4 Å². The summed E-state index contributed by atoms with van der Waals surface area (Å²) in [6.45, 7) is 6.09. The van der Waals surface area contributed by atoms with Crippen LogP contribution in [0.25, 0.3) is 0 Å². The van der Waals surface area contributed by atoms with E-state index in [0.717, 1.165) is 16.0 Å². The molecule has 7 heteroatoms. The molecule has 5 nitrogen and oxygen atoms in total. The monoisotopic (exact) mass is 378 g/mol. The first-order chi connectivity index (χ1) is 11.9. The normalized spacial score (nSPS) is 16.9. The van der Waals surface area contributed by atoms with Crippen molar-refractivity contribution in [2.24, 2.45) is 0 Å². The molecule has 0 saturated carbocycles. The zero-order valence-corrected chi connectivity index (χ0v) is 16.1. The number of hydrogen-bond acceptors (Lipinski definition) is 5. The molecule has 0 amide bonds. The van der Waals surface area contributed by atoms with E-state index in [-0.39, 0.29) is 5.78 Å². The number of sulfonamides is 1. The Kier molecular flexibility index (Phi) is 5.38. The van der Waals surface area contributed by atoms with Crippen molar-refractivity contribution >= 4 is 27.1 Å². The second-order valence-electron chi connectivity index (χ2n) is 6.35. The van der Waals surface area contributed by atoms with Gasteiger partial charge in [-0.1, -0.05) is 23.8 Å². The Morgan fingerprint density at radius 3 is 2.44 bits per heavy atom. The molecule has 0 spiro atoms. The lowest BCUT2D eigenvalue weighted by Crippen LogP contribution is -2.49. The second kappa shape index (κ2) is 7.37. The van der Waals surface area contributed by atoms with Gasteiger partial charge in [0.2, 0.25) is 10.0 Å². The van der Waals surface area contributed by atoms with E-state index in [1.165, 1.54) is 15.6 Å². The van der Waals surface area contributed by atoms with E-state index in [2.05, 4.69) is 0 Å². The van der Waals surface area contributed by atoms with E-state index < -0.39 is 10.0 Å². The van der Waals surface area contributed by atoms with Crippen LogP contribution in [0.15, 0.2) is 40.6 Å². The largest absolute Gasteiger partial charge is 0.293 e. The molecule has 1 saturated heterocycles. The summed E-state index contributed by atoms with van der Waals surface area (Å²) in [6.07, 6.45) is 0. The molecule has 0 unspecified atom stereocenters. The minimum atomic E-state index is -3.48. The van der Waals surface area contributed by atoms with Gasteiger partial charge in [0.15, 0.2) is 5.78 Å². The lowest BCUT2D eigenvalue weighted by Gasteiger charge is -2.33. The topological polar surface area (TPSA) is 57.7 Å². The van der Waals surface area contributed by atoms with Crippen molar-refractivity contribution in [3.8, 4) is 0 Å². The molecule has 1 aromatic carbocycles. The van der Waals surface area contributed by atoms with Gasteiger partial charge in [0.05, 0.1) is 16.3 Å². The molecule has 0 radical (unpaired) electrons. The summed E-state index contributed by atoms with van der Waals surface area (Å²) in [5.41, 5.74) is 1.82. The number of ketones is 1. The number of piperazine rings is 1. The van der Waals surface area contributed by atoms with Gasteiger partial charge >= 0.3 is 0 Å². The third-order valence-electron chi connectivity index (χ3n) is 4.44. The summed E-state index contributed by atoms with van der Waals surface area (Å²) >= 11 is 1.44. The summed E-state index contributed by atoms with van der Waals surface area (Å²) in [7, 11) is -3.48. The molecule has 1 aromatic heterocycles. The number of aryl methyl sites for hydroxylation is 2. The number of carbonyl (C=O) groups is 1. The van der Waals surface area contributed by atoms with Crippen LogP contribution in [-0.2, 0) is 10.0 Å². The van der Waals surface area contributed by atoms with Crippen LogP contribution in [0.5, 0.6) is 0 Å². The molecule has 2 heterocycles. The highest BCUT2D eigenvalue weighted by Gasteiger charge is 2.30. The van der Waals surface area contributed by atoms with Crippen LogP contribution in [-0.4, -0.2) is 56.1 Å². The highest BCUT2D eigenvalue weighted by atomic mass is 32.2. The third kappa shape index (κ3) is 4.00. The van der Waals surface area contributed by atoms with Crippen molar-refractivity contribution in [2.75, 3.05) is 32.7 Å². The van der Waals surface area contributed by atoms with Crippen molar-refractivity contribution in [3.63, 3.8) is 0 Å². The fourth-order valence-electron chi connectivity index (χ4n) is 3.07. The van der Waals surface area contributed by atoms with Gasteiger partial charge in [0, 0.05) is 26.2 Å². The van der Waals surface area contributed by atoms with E-state index >= 15 is 0 Å². The summed E-state index contributed by atoms with van der Waals surface area (Å²) in [4.78, 5) is 15.3. The smallest absolute Gasteiger partial charge is 0.243 e. The number of carbonyl (C=O) groups excluding carboxylic acids is 1. The SMILES string of the molecule is Cc1ccc(S(=O)(=O)N2CCN(CC(=O)c3cccs3)CC2)c(C)c1. The van der Waals surface area contributed by atoms with Crippen molar-refractivity contribution in [2.45, 2.75) is 18.7 Å². The Bertz CT molecular complexity index is 852. The highest BCUT2D eigenvalue weighted by Crippen LogP contribution is 2.22. The maximum Gasteiger partial charge on any atom is 0.243 e. The molecule has 134 valence electrons. The quantitative estimate of drug-likeness (QED) is 0.751. The number of nitrogens with zero attached hydrogens (tertiary/aromatic N) is 2. The number of rotatable bonds is 5. The standard InChI is InChI=1S/C18H22N2O3S2/c1-14-5-6-18(15(2)12-14)25(22,23)20-9-7-19(8-10-20)13-16(21)17-4-3-11-24-17/h3-6,11-12H,7-10,13H2,1-2H3. The third-order valence-corrected chi connectivity index (χ3v) is 7.41. The second-order valence-corrected chi connectivity index (χ2v) is 9.20. The number of Topliss-reactive ketones (excluding diaryl/α,β-unsaturated/α-hetero) is 1. The number of thiophene rings is 1. The molecule has 25 heavy (non-hydrogen) atoms. The Morgan fingerprint density at radius 1 is 1.12 bits per heavy atom. The van der Waals surface area contributed by atoms with Crippen LogP contribution >= 0.6 is 11.3 Å². The molecule has 1 aliphatic heterocycles. The first-order valence-corrected chi connectivity index (χ1v) is 10.6. The molecule has 2 aromatic rings. The van der Waals surface area contributed by atoms with E-state index in [9.17, 15) is 13.2 Å². The van der Waals surface area contributed by atoms with Crippen molar-refractivity contribution in [1.29, 1.82) is 0 Å². The zero-order chi connectivity index (χ0) is 18.0. The molecular weight excluding hydrogens is 356 g/mol. The van der Waals surface area contributed by atoms with Crippen molar-refractivity contribution < 1.29 is 13.2 Å². The van der Waals surface area contributed by atoms with Gasteiger partial charge in [0.25, 0.3) is 0 Å². The molecule has 0 bridgehead atoms. The van der Waals surface area contributed by atoms with Gasteiger partial charge in [-0.2, -0.15) is 4.31 Å². The lowest BCUT2D eigenvalue weighted by molar-refractivity contribution is 0.0905. The minimum absolute atomic E-state index is 0.0979.